The Labute approximate surface area is 83.1 Å². The van der Waals surface area contributed by atoms with Crippen LogP contribution in [0.5, 0.6) is 0 Å². The van der Waals surface area contributed by atoms with E-state index in [1.807, 2.05) is 0 Å². The van der Waals surface area contributed by atoms with Crippen LogP contribution in [0.1, 0.15) is 25.7 Å². The molecule has 1 saturated carbocycles. The van der Waals surface area contributed by atoms with Gasteiger partial charge >= 0.3 is 0 Å². The smallest absolute Gasteiger partial charge is 0.168 e. The third kappa shape index (κ3) is 1.37. The standard InChI is InChI=1S/C10H16O4/c11-9(8-7-12-8)1-3-10(4-2-9)13-5-6-14-10/h8,11H,1-7H2. The maximum absolute atomic E-state index is 10.2. The van der Waals surface area contributed by atoms with Crippen LogP contribution in [0, 0.1) is 0 Å². The van der Waals surface area contributed by atoms with Gasteiger partial charge in [-0.2, -0.15) is 0 Å². The van der Waals surface area contributed by atoms with Crippen LogP contribution in [0.3, 0.4) is 0 Å². The predicted molar refractivity (Wildman–Crippen MR) is 47.8 cm³/mol. The predicted octanol–water partition coefficient (Wildman–Crippen LogP) is 0.433. The molecule has 2 saturated heterocycles. The average molecular weight is 200 g/mol. The Hall–Kier alpha value is -0.160. The van der Waals surface area contributed by atoms with Crippen LogP contribution in [-0.4, -0.2) is 42.4 Å². The first-order valence-electron chi connectivity index (χ1n) is 5.34. The van der Waals surface area contributed by atoms with Gasteiger partial charge in [0.25, 0.3) is 0 Å². The Balaban J connectivity index is 1.66. The maximum atomic E-state index is 10.2. The Morgan fingerprint density at radius 2 is 1.57 bits per heavy atom. The highest BCUT2D eigenvalue weighted by Crippen LogP contribution is 2.44. The van der Waals surface area contributed by atoms with Crippen molar-refractivity contribution in [1.29, 1.82) is 0 Å². The van der Waals surface area contributed by atoms with Crippen LogP contribution in [0.2, 0.25) is 0 Å². The first kappa shape index (κ1) is 9.09. The minimum absolute atomic E-state index is 0.0706. The lowest BCUT2D eigenvalue weighted by atomic mass is 9.79. The summed E-state index contributed by atoms with van der Waals surface area (Å²) < 4.78 is 16.4. The fraction of sp³-hybridized carbons (Fsp3) is 1.00. The molecule has 1 aliphatic carbocycles. The summed E-state index contributed by atoms with van der Waals surface area (Å²) in [5.41, 5.74) is -0.611. The second-order valence-electron chi connectivity index (χ2n) is 4.53. The van der Waals surface area contributed by atoms with Gasteiger partial charge in [0, 0.05) is 12.8 Å². The molecule has 0 aromatic rings. The zero-order valence-electron chi connectivity index (χ0n) is 8.20. The molecule has 0 bridgehead atoms. The summed E-state index contributed by atoms with van der Waals surface area (Å²) in [6.07, 6.45) is 3.13. The van der Waals surface area contributed by atoms with Crippen molar-refractivity contribution in [2.24, 2.45) is 0 Å². The lowest BCUT2D eigenvalue weighted by molar-refractivity contribution is -0.204. The van der Waals surface area contributed by atoms with Crippen molar-refractivity contribution in [3.63, 3.8) is 0 Å². The Kier molecular flexibility index (Phi) is 1.89. The molecule has 2 aliphatic heterocycles. The summed E-state index contributed by atoms with van der Waals surface area (Å²) >= 11 is 0. The van der Waals surface area contributed by atoms with Gasteiger partial charge in [0.2, 0.25) is 0 Å². The summed E-state index contributed by atoms with van der Waals surface area (Å²) in [5, 5.41) is 10.2. The highest BCUT2D eigenvalue weighted by atomic mass is 16.7. The van der Waals surface area contributed by atoms with E-state index in [1.165, 1.54) is 0 Å². The SMILES string of the molecule is OC1(C2CO2)CCC2(CC1)OCCO2. The Morgan fingerprint density at radius 3 is 2.07 bits per heavy atom. The van der Waals surface area contributed by atoms with Gasteiger partial charge in [0.1, 0.15) is 6.10 Å². The van der Waals surface area contributed by atoms with Gasteiger partial charge in [-0.3, -0.25) is 0 Å². The van der Waals surface area contributed by atoms with E-state index in [9.17, 15) is 5.11 Å². The molecule has 1 N–H and O–H groups in total. The van der Waals surface area contributed by atoms with Crippen molar-refractivity contribution >= 4 is 0 Å². The van der Waals surface area contributed by atoms with Crippen molar-refractivity contribution in [3.8, 4) is 0 Å². The number of hydrogen-bond donors (Lipinski definition) is 1. The number of hydrogen-bond acceptors (Lipinski definition) is 4. The molecule has 1 atom stereocenters. The van der Waals surface area contributed by atoms with Crippen molar-refractivity contribution in [3.05, 3.63) is 0 Å². The second kappa shape index (κ2) is 2.92. The normalized spacial score (nSPS) is 38.8. The van der Waals surface area contributed by atoms with E-state index >= 15 is 0 Å². The van der Waals surface area contributed by atoms with Crippen LogP contribution in [0.15, 0.2) is 0 Å². The lowest BCUT2D eigenvalue weighted by Gasteiger charge is -2.39. The average Bonchev–Trinajstić information content (AvgIpc) is 2.95. The van der Waals surface area contributed by atoms with Crippen LogP contribution in [0.4, 0.5) is 0 Å². The van der Waals surface area contributed by atoms with Gasteiger partial charge in [-0.25, -0.2) is 0 Å². The summed E-state index contributed by atoms with van der Waals surface area (Å²) in [7, 11) is 0. The quantitative estimate of drug-likeness (QED) is 0.624. The van der Waals surface area contributed by atoms with Crippen LogP contribution < -0.4 is 0 Å². The van der Waals surface area contributed by atoms with Crippen LogP contribution >= 0.6 is 0 Å². The first-order chi connectivity index (χ1) is 6.73. The van der Waals surface area contributed by atoms with Crippen molar-refractivity contribution < 1.29 is 19.3 Å². The molecule has 0 aromatic heterocycles. The van der Waals surface area contributed by atoms with Gasteiger partial charge in [-0.05, 0) is 12.8 Å². The van der Waals surface area contributed by atoms with Crippen molar-refractivity contribution in [2.75, 3.05) is 19.8 Å². The summed E-state index contributed by atoms with van der Waals surface area (Å²) in [6.45, 7) is 2.10. The van der Waals surface area contributed by atoms with Gasteiger partial charge < -0.3 is 19.3 Å². The molecule has 4 nitrogen and oxygen atoms in total. The van der Waals surface area contributed by atoms with E-state index in [4.69, 9.17) is 14.2 Å². The zero-order chi connectivity index (χ0) is 9.65. The minimum atomic E-state index is -0.611. The lowest BCUT2D eigenvalue weighted by Crippen LogP contribution is -2.46. The molecular weight excluding hydrogens is 184 g/mol. The number of epoxide rings is 1. The topological polar surface area (TPSA) is 51.2 Å². The second-order valence-corrected chi connectivity index (χ2v) is 4.53. The number of aliphatic hydroxyl groups is 1. The molecule has 0 aromatic carbocycles. The minimum Gasteiger partial charge on any atom is -0.387 e. The molecule has 1 spiro atoms. The van der Waals surface area contributed by atoms with E-state index in [0.717, 1.165) is 25.7 Å². The molecule has 4 heteroatoms. The molecule has 3 fully saturated rings. The van der Waals surface area contributed by atoms with E-state index in [1.54, 1.807) is 0 Å². The van der Waals surface area contributed by atoms with Crippen molar-refractivity contribution in [2.45, 2.75) is 43.2 Å². The molecule has 3 aliphatic rings. The van der Waals surface area contributed by atoms with Gasteiger partial charge in [-0.15, -0.1) is 0 Å². The highest BCUT2D eigenvalue weighted by molar-refractivity contribution is 5.00. The fourth-order valence-corrected chi connectivity index (χ4v) is 2.53. The molecule has 0 amide bonds. The molecule has 14 heavy (non-hydrogen) atoms. The van der Waals surface area contributed by atoms with Crippen LogP contribution in [0.25, 0.3) is 0 Å². The molecule has 2 heterocycles. The van der Waals surface area contributed by atoms with Crippen LogP contribution in [-0.2, 0) is 14.2 Å². The largest absolute Gasteiger partial charge is 0.387 e. The molecule has 3 rings (SSSR count). The number of rotatable bonds is 1. The fourth-order valence-electron chi connectivity index (χ4n) is 2.53. The molecular formula is C10H16O4. The maximum Gasteiger partial charge on any atom is 0.168 e. The third-order valence-corrected chi connectivity index (χ3v) is 3.62. The highest BCUT2D eigenvalue weighted by Gasteiger charge is 2.52. The molecule has 1 unspecified atom stereocenters. The van der Waals surface area contributed by atoms with Crippen molar-refractivity contribution in [1.82, 2.24) is 0 Å². The van der Waals surface area contributed by atoms with Gasteiger partial charge in [-0.1, -0.05) is 0 Å². The van der Waals surface area contributed by atoms with E-state index in [-0.39, 0.29) is 11.9 Å². The molecule has 0 radical (unpaired) electrons. The van der Waals surface area contributed by atoms with Gasteiger partial charge in [0.05, 0.1) is 25.4 Å². The zero-order valence-corrected chi connectivity index (χ0v) is 8.20. The Bertz CT molecular complexity index is 214. The van der Waals surface area contributed by atoms with E-state index in [2.05, 4.69) is 0 Å². The summed E-state index contributed by atoms with van der Waals surface area (Å²) in [4.78, 5) is 0. The van der Waals surface area contributed by atoms with E-state index < -0.39 is 5.60 Å². The first-order valence-corrected chi connectivity index (χ1v) is 5.34. The monoisotopic (exact) mass is 200 g/mol. The summed E-state index contributed by atoms with van der Waals surface area (Å²) in [5.74, 6) is -0.374. The van der Waals surface area contributed by atoms with Gasteiger partial charge in [0.15, 0.2) is 5.79 Å². The number of ether oxygens (including phenoxy) is 3. The summed E-state index contributed by atoms with van der Waals surface area (Å²) in [6, 6.07) is 0. The Morgan fingerprint density at radius 1 is 1.00 bits per heavy atom. The molecule has 80 valence electrons. The third-order valence-electron chi connectivity index (χ3n) is 3.62. The van der Waals surface area contributed by atoms with E-state index in [0.29, 0.717) is 19.8 Å².